The Hall–Kier alpha value is -4.59. The highest BCUT2D eigenvalue weighted by atomic mass is 35.5. The minimum absolute atomic E-state index is 0.188. The maximum Gasteiger partial charge on any atom is 0.410 e. The molecule has 2 atom stereocenters. The second kappa shape index (κ2) is 14.3. The number of nitrogens with zero attached hydrogens (tertiary/aromatic N) is 7. The normalized spacial score (nSPS) is 19.6. The molecule has 3 aromatic carbocycles. The number of carbonyl (C=O) groups excluding carboxylic acids is 1. The summed E-state index contributed by atoms with van der Waals surface area (Å²) < 4.78 is 12.0. The van der Waals surface area contributed by atoms with Crippen LogP contribution in [0.1, 0.15) is 36.1 Å². The third-order valence-electron chi connectivity index (χ3n) is 9.82. The van der Waals surface area contributed by atoms with Gasteiger partial charge >= 0.3 is 12.1 Å². The molecule has 1 aromatic heterocycles. The van der Waals surface area contributed by atoms with Crippen LogP contribution >= 0.6 is 11.6 Å². The van der Waals surface area contributed by atoms with Crippen LogP contribution in [0.25, 0.3) is 10.8 Å². The van der Waals surface area contributed by atoms with Crippen LogP contribution in [0.2, 0.25) is 5.02 Å². The minimum Gasteiger partial charge on any atom is -0.462 e. The summed E-state index contributed by atoms with van der Waals surface area (Å²) in [5, 5.41) is 12.6. The van der Waals surface area contributed by atoms with Gasteiger partial charge in [-0.2, -0.15) is 15.2 Å². The molecular weight excluding hydrogens is 626 g/mol. The van der Waals surface area contributed by atoms with Crippen molar-refractivity contribution in [1.29, 1.82) is 5.26 Å². The van der Waals surface area contributed by atoms with Crippen molar-refractivity contribution in [1.82, 2.24) is 19.8 Å². The van der Waals surface area contributed by atoms with E-state index in [2.05, 4.69) is 52.1 Å². The van der Waals surface area contributed by atoms with Gasteiger partial charge in [0.15, 0.2) is 0 Å². The van der Waals surface area contributed by atoms with Crippen molar-refractivity contribution in [3.63, 3.8) is 0 Å². The van der Waals surface area contributed by atoms with Crippen molar-refractivity contribution >= 4 is 40.0 Å². The number of nitriles is 1. The maximum atomic E-state index is 13.2. The number of amides is 1. The molecule has 0 unspecified atom stereocenters. The predicted octanol–water partition coefficient (Wildman–Crippen LogP) is 6.06. The van der Waals surface area contributed by atoms with Gasteiger partial charge in [0.2, 0.25) is 0 Å². The van der Waals surface area contributed by atoms with E-state index in [1.807, 2.05) is 42.5 Å². The number of rotatable bonds is 8. The molecule has 7 rings (SSSR count). The Bertz CT molecular complexity index is 1810. The first kappa shape index (κ1) is 32.0. The van der Waals surface area contributed by atoms with Gasteiger partial charge in [-0.3, -0.25) is 0 Å². The molecule has 0 N–H and O–H groups in total. The molecule has 2 fully saturated rings. The molecule has 0 saturated carbocycles. The summed E-state index contributed by atoms with van der Waals surface area (Å²) in [5.74, 6) is 0.825. The van der Waals surface area contributed by atoms with Crippen LogP contribution in [0.4, 0.5) is 16.3 Å². The second-order valence-electron chi connectivity index (χ2n) is 12.8. The molecule has 4 aromatic rings. The molecule has 1 amide bonds. The van der Waals surface area contributed by atoms with Gasteiger partial charge in [-0.25, -0.2) is 4.79 Å². The number of carbonyl (C=O) groups is 1. The molecule has 4 heterocycles. The van der Waals surface area contributed by atoms with E-state index in [-0.39, 0.29) is 19.1 Å². The zero-order valence-electron chi connectivity index (χ0n) is 27.2. The van der Waals surface area contributed by atoms with Crippen LogP contribution < -0.4 is 14.5 Å². The van der Waals surface area contributed by atoms with Crippen LogP contribution in [0.3, 0.4) is 0 Å². The van der Waals surface area contributed by atoms with Crippen molar-refractivity contribution in [3.05, 3.63) is 88.6 Å². The van der Waals surface area contributed by atoms with E-state index in [4.69, 9.17) is 31.0 Å². The highest BCUT2D eigenvalue weighted by Crippen LogP contribution is 2.37. The smallest absolute Gasteiger partial charge is 0.410 e. The van der Waals surface area contributed by atoms with E-state index >= 15 is 0 Å². The van der Waals surface area contributed by atoms with Crippen molar-refractivity contribution in [3.8, 4) is 12.1 Å². The molecule has 0 aliphatic carbocycles. The topological polar surface area (TPSA) is 98.1 Å². The first-order chi connectivity index (χ1) is 23.5. The highest BCUT2D eigenvalue weighted by Gasteiger charge is 2.35. The van der Waals surface area contributed by atoms with Gasteiger partial charge in [0, 0.05) is 48.9 Å². The summed E-state index contributed by atoms with van der Waals surface area (Å²) in [7, 11) is 2.13. The third kappa shape index (κ3) is 6.71. The fraction of sp³-hybridized carbons (Fsp3) is 0.405. The van der Waals surface area contributed by atoms with E-state index < -0.39 is 6.09 Å². The summed E-state index contributed by atoms with van der Waals surface area (Å²) in [6.07, 6.45) is 2.76. The lowest BCUT2D eigenvalue weighted by molar-refractivity contribution is 0.0767. The number of hydrogen-bond donors (Lipinski definition) is 0. The van der Waals surface area contributed by atoms with E-state index in [0.29, 0.717) is 44.8 Å². The Kier molecular flexibility index (Phi) is 9.50. The fourth-order valence-electron chi connectivity index (χ4n) is 7.19. The van der Waals surface area contributed by atoms with Crippen molar-refractivity contribution in [2.45, 2.75) is 50.9 Å². The number of fused-ring (bicyclic) bond motifs is 2. The van der Waals surface area contributed by atoms with Crippen LogP contribution in [0.5, 0.6) is 6.01 Å². The molecule has 248 valence electrons. The molecule has 0 spiro atoms. The van der Waals surface area contributed by atoms with Gasteiger partial charge in [-0.05, 0) is 55.9 Å². The van der Waals surface area contributed by atoms with Gasteiger partial charge < -0.3 is 29.1 Å². The monoisotopic (exact) mass is 665 g/mol. The zero-order valence-corrected chi connectivity index (χ0v) is 28.0. The molecular formula is C37H40ClN7O3. The summed E-state index contributed by atoms with van der Waals surface area (Å²) in [6, 6.07) is 24.5. The lowest BCUT2D eigenvalue weighted by atomic mass is 10.0. The lowest BCUT2D eigenvalue weighted by Gasteiger charge is -2.42. The molecule has 3 aliphatic rings. The Morgan fingerprint density at radius 2 is 1.81 bits per heavy atom. The second-order valence-corrected chi connectivity index (χ2v) is 13.2. The SMILES string of the molecule is CN1CCC[C@H]1COc1nc2c(c(N3CCN(C(=O)OCc4ccccc4)[C@@H](CC#N)C3)n1)CCN(c1cccc3cccc(Cl)c13)C2. The Morgan fingerprint density at radius 3 is 2.60 bits per heavy atom. The standard InChI is InChI=1S/C37H40ClN7O3/c1-42-18-7-12-29(42)25-47-36-40-32-23-43(33-14-6-11-27-10-5-13-31(38)34(27)33)19-16-30(32)35(41-36)44-20-21-45(28(22-44)15-17-39)37(46)48-24-26-8-3-2-4-9-26/h2-6,8-11,13-14,28-29H,7,12,15-16,18-25H2,1H3/t28-,29-/m0/s1. The Balaban J connectivity index is 1.16. The van der Waals surface area contributed by atoms with Gasteiger partial charge in [0.1, 0.15) is 19.0 Å². The average molecular weight is 666 g/mol. The number of piperazine rings is 1. The minimum atomic E-state index is -0.405. The van der Waals surface area contributed by atoms with Crippen molar-refractivity contribution in [2.24, 2.45) is 0 Å². The van der Waals surface area contributed by atoms with Gasteiger partial charge in [-0.15, -0.1) is 0 Å². The molecule has 11 heteroatoms. The Labute approximate surface area is 286 Å². The fourth-order valence-corrected chi connectivity index (χ4v) is 7.47. The van der Waals surface area contributed by atoms with Gasteiger partial charge in [0.05, 0.1) is 35.8 Å². The lowest BCUT2D eigenvalue weighted by Crippen LogP contribution is -2.55. The number of anilines is 2. The first-order valence-corrected chi connectivity index (χ1v) is 17.1. The summed E-state index contributed by atoms with van der Waals surface area (Å²) in [5.41, 5.74) is 4.01. The summed E-state index contributed by atoms with van der Waals surface area (Å²) >= 11 is 6.73. The molecule has 0 bridgehead atoms. The van der Waals surface area contributed by atoms with E-state index in [0.717, 1.165) is 76.5 Å². The highest BCUT2D eigenvalue weighted by molar-refractivity contribution is 6.36. The Morgan fingerprint density at radius 1 is 0.979 bits per heavy atom. The van der Waals surface area contributed by atoms with Crippen LogP contribution in [0, 0.1) is 11.3 Å². The van der Waals surface area contributed by atoms with E-state index in [9.17, 15) is 10.1 Å². The van der Waals surface area contributed by atoms with Gasteiger partial charge in [0.25, 0.3) is 0 Å². The van der Waals surface area contributed by atoms with Crippen LogP contribution in [0.15, 0.2) is 66.7 Å². The number of likely N-dealkylation sites (N-methyl/N-ethyl adjacent to an activating group) is 1. The number of ether oxygens (including phenoxy) is 2. The number of likely N-dealkylation sites (tertiary alicyclic amines) is 1. The largest absolute Gasteiger partial charge is 0.462 e. The van der Waals surface area contributed by atoms with E-state index in [1.165, 1.54) is 0 Å². The van der Waals surface area contributed by atoms with E-state index in [1.54, 1.807) is 4.90 Å². The van der Waals surface area contributed by atoms with Crippen molar-refractivity contribution < 1.29 is 14.3 Å². The quantitative estimate of drug-likeness (QED) is 0.222. The van der Waals surface area contributed by atoms with Crippen LogP contribution in [-0.4, -0.2) is 84.3 Å². The number of halogens is 1. The van der Waals surface area contributed by atoms with Crippen molar-refractivity contribution in [2.75, 3.05) is 56.2 Å². The first-order valence-electron chi connectivity index (χ1n) is 16.7. The molecule has 3 aliphatic heterocycles. The van der Waals surface area contributed by atoms with Gasteiger partial charge in [-0.1, -0.05) is 66.2 Å². The number of aromatic nitrogens is 2. The third-order valence-corrected chi connectivity index (χ3v) is 10.1. The molecule has 2 saturated heterocycles. The molecule has 48 heavy (non-hydrogen) atoms. The number of benzene rings is 3. The predicted molar refractivity (Wildman–Crippen MR) is 186 cm³/mol. The summed E-state index contributed by atoms with van der Waals surface area (Å²) in [4.78, 5) is 31.8. The maximum absolute atomic E-state index is 13.2. The zero-order chi connectivity index (χ0) is 33.0. The average Bonchev–Trinajstić information content (AvgIpc) is 3.53. The summed E-state index contributed by atoms with van der Waals surface area (Å²) in [6.45, 7) is 4.57. The number of hydrogen-bond acceptors (Lipinski definition) is 9. The molecule has 10 nitrogen and oxygen atoms in total. The van der Waals surface area contributed by atoms with Crippen LogP contribution in [-0.2, 0) is 24.3 Å². The molecule has 0 radical (unpaired) electrons.